The molecule has 0 aliphatic carbocycles. The van der Waals surface area contributed by atoms with Crippen molar-refractivity contribution < 1.29 is 13.2 Å². The molecule has 134 valence electrons. The number of amides is 1. The van der Waals surface area contributed by atoms with E-state index in [1.165, 1.54) is 24.3 Å². The van der Waals surface area contributed by atoms with Crippen molar-refractivity contribution in [3.63, 3.8) is 0 Å². The first-order chi connectivity index (χ1) is 12.3. The summed E-state index contributed by atoms with van der Waals surface area (Å²) in [6, 6.07) is 12.7. The number of aromatic nitrogens is 2. The highest BCUT2D eigenvalue weighted by Gasteiger charge is 2.08. The number of hydrogen-bond donors (Lipinski definition) is 4. The van der Waals surface area contributed by atoms with Crippen LogP contribution in [0.3, 0.4) is 0 Å². The number of sulfonamides is 1. The fourth-order valence-corrected chi connectivity index (χ4v) is 2.80. The highest BCUT2D eigenvalue weighted by Crippen LogP contribution is 2.11. The molecule has 9 nitrogen and oxygen atoms in total. The number of benzene rings is 2. The number of H-pyrrole nitrogens is 1. The largest absolute Gasteiger partial charge is 0.291 e. The van der Waals surface area contributed by atoms with Gasteiger partial charge in [0.15, 0.2) is 0 Å². The maximum atomic E-state index is 12.1. The first-order valence-corrected chi connectivity index (χ1v) is 9.34. The number of carbonyl (C=O) groups is 1. The number of nitrogens with zero attached hydrogens (tertiary/aromatic N) is 1. The van der Waals surface area contributed by atoms with Gasteiger partial charge in [0, 0.05) is 11.3 Å². The molecule has 3 aromatic rings. The number of anilines is 2. The van der Waals surface area contributed by atoms with Gasteiger partial charge in [0.2, 0.25) is 16.0 Å². The van der Waals surface area contributed by atoms with Gasteiger partial charge in [-0.15, -0.1) is 0 Å². The van der Waals surface area contributed by atoms with Crippen LogP contribution in [0.5, 0.6) is 0 Å². The monoisotopic (exact) mass is 373 g/mol. The summed E-state index contributed by atoms with van der Waals surface area (Å²) < 4.78 is 24.6. The van der Waals surface area contributed by atoms with Crippen LogP contribution < -0.4 is 21.1 Å². The maximum Gasteiger partial charge on any atom is 0.269 e. The molecule has 2 aromatic carbocycles. The molecule has 0 aliphatic rings. The molecular formula is C16H15N5O4S. The van der Waals surface area contributed by atoms with Gasteiger partial charge in [0.25, 0.3) is 11.5 Å². The lowest BCUT2D eigenvalue weighted by Crippen LogP contribution is -2.31. The van der Waals surface area contributed by atoms with Gasteiger partial charge in [-0.05, 0) is 36.4 Å². The second-order valence-electron chi connectivity index (χ2n) is 5.46. The third-order valence-corrected chi connectivity index (χ3v) is 3.96. The van der Waals surface area contributed by atoms with Crippen LogP contribution >= 0.6 is 0 Å². The number of rotatable bonds is 5. The molecule has 10 heteroatoms. The Kier molecular flexibility index (Phi) is 4.59. The van der Waals surface area contributed by atoms with Crippen LogP contribution in [0.1, 0.15) is 10.4 Å². The van der Waals surface area contributed by atoms with Crippen LogP contribution in [0.15, 0.2) is 53.3 Å². The van der Waals surface area contributed by atoms with Crippen molar-refractivity contribution in [1.82, 2.24) is 15.4 Å². The molecule has 0 atom stereocenters. The van der Waals surface area contributed by atoms with E-state index in [0.29, 0.717) is 22.2 Å². The Morgan fingerprint density at radius 2 is 1.77 bits per heavy atom. The predicted octanol–water partition coefficient (Wildman–Crippen LogP) is 1.05. The summed E-state index contributed by atoms with van der Waals surface area (Å²) in [6.45, 7) is 0. The van der Waals surface area contributed by atoms with Crippen molar-refractivity contribution in [3.8, 4) is 0 Å². The Hall–Kier alpha value is -3.40. The molecule has 0 radical (unpaired) electrons. The Labute approximate surface area is 148 Å². The summed E-state index contributed by atoms with van der Waals surface area (Å²) >= 11 is 0. The molecule has 4 N–H and O–H groups in total. The van der Waals surface area contributed by atoms with Crippen LogP contribution in [-0.4, -0.2) is 30.5 Å². The fraction of sp³-hybridized carbons (Fsp3) is 0.0625. The second-order valence-corrected chi connectivity index (χ2v) is 7.21. The minimum Gasteiger partial charge on any atom is -0.291 e. The molecule has 3 rings (SSSR count). The molecule has 1 aromatic heterocycles. The molecule has 26 heavy (non-hydrogen) atoms. The number of nitrogens with one attached hydrogen (secondary N) is 4. The van der Waals surface area contributed by atoms with Crippen molar-refractivity contribution in [2.45, 2.75) is 0 Å². The van der Waals surface area contributed by atoms with E-state index in [4.69, 9.17) is 0 Å². The number of aromatic amines is 1. The molecule has 0 bridgehead atoms. The standard InChI is InChI=1S/C16H15N5O4S/c1-26(24,25)21-11-8-6-10(7-9-11)14(22)19-20-16-17-13-5-3-2-4-12(13)15(23)18-16/h2-9,21H,1H3,(H,19,22)(H2,17,18,20,23). The topological polar surface area (TPSA) is 133 Å². The van der Waals surface area contributed by atoms with E-state index in [9.17, 15) is 18.0 Å². The molecule has 0 saturated carbocycles. The Morgan fingerprint density at radius 1 is 1.08 bits per heavy atom. The van der Waals surface area contributed by atoms with Crippen molar-refractivity contribution >= 4 is 38.5 Å². The van der Waals surface area contributed by atoms with Gasteiger partial charge in [0.05, 0.1) is 17.2 Å². The lowest BCUT2D eigenvalue weighted by atomic mass is 10.2. The zero-order valence-corrected chi connectivity index (χ0v) is 14.4. The van der Waals surface area contributed by atoms with Crippen LogP contribution in [0.2, 0.25) is 0 Å². The molecule has 0 unspecified atom stereocenters. The summed E-state index contributed by atoms with van der Waals surface area (Å²) in [6.07, 6.45) is 1.04. The molecule has 1 amide bonds. The van der Waals surface area contributed by atoms with Crippen molar-refractivity contribution in [3.05, 3.63) is 64.4 Å². The lowest BCUT2D eigenvalue weighted by Gasteiger charge is -2.09. The first kappa shape index (κ1) is 17.4. The maximum absolute atomic E-state index is 12.1. The van der Waals surface area contributed by atoms with Crippen LogP contribution in [-0.2, 0) is 10.0 Å². The van der Waals surface area contributed by atoms with Gasteiger partial charge in [-0.25, -0.2) is 13.4 Å². The second kappa shape index (κ2) is 6.84. The Bertz CT molecular complexity index is 1120. The van der Waals surface area contributed by atoms with Crippen LogP contribution in [0.4, 0.5) is 11.6 Å². The third kappa shape index (κ3) is 4.16. The number of hydrogen-bond acceptors (Lipinski definition) is 6. The van der Waals surface area contributed by atoms with E-state index in [0.717, 1.165) is 6.26 Å². The zero-order chi connectivity index (χ0) is 18.7. The van der Waals surface area contributed by atoms with Gasteiger partial charge >= 0.3 is 0 Å². The van der Waals surface area contributed by atoms with E-state index in [2.05, 4.69) is 25.5 Å². The molecule has 0 spiro atoms. The normalized spacial score (nSPS) is 11.1. The van der Waals surface area contributed by atoms with Crippen LogP contribution in [0, 0.1) is 0 Å². The van der Waals surface area contributed by atoms with Crippen LogP contribution in [0.25, 0.3) is 10.9 Å². The number of para-hydroxylation sites is 1. The average Bonchev–Trinajstić information content (AvgIpc) is 2.59. The van der Waals surface area contributed by atoms with E-state index < -0.39 is 15.9 Å². The molecule has 0 saturated heterocycles. The first-order valence-electron chi connectivity index (χ1n) is 7.45. The Balaban J connectivity index is 1.70. The van der Waals surface area contributed by atoms with E-state index in [1.54, 1.807) is 24.3 Å². The minimum atomic E-state index is -3.38. The smallest absolute Gasteiger partial charge is 0.269 e. The van der Waals surface area contributed by atoms with Crippen molar-refractivity contribution in [2.75, 3.05) is 16.4 Å². The SMILES string of the molecule is CS(=O)(=O)Nc1ccc(C(=O)NNc2nc3ccccc3c(=O)[nH]2)cc1. The predicted molar refractivity (Wildman–Crippen MR) is 98.4 cm³/mol. The molecular weight excluding hydrogens is 358 g/mol. The van der Waals surface area contributed by atoms with Gasteiger partial charge in [0.1, 0.15) is 0 Å². The minimum absolute atomic E-state index is 0.0948. The van der Waals surface area contributed by atoms with Gasteiger partial charge in [-0.2, -0.15) is 0 Å². The number of hydrazine groups is 1. The van der Waals surface area contributed by atoms with Crippen molar-refractivity contribution in [2.24, 2.45) is 0 Å². The average molecular weight is 373 g/mol. The lowest BCUT2D eigenvalue weighted by molar-refractivity contribution is 0.0962. The van der Waals surface area contributed by atoms with Crippen molar-refractivity contribution in [1.29, 1.82) is 0 Å². The van der Waals surface area contributed by atoms with Gasteiger partial charge in [-0.3, -0.25) is 30.1 Å². The fourth-order valence-electron chi connectivity index (χ4n) is 2.24. The summed E-state index contributed by atoms with van der Waals surface area (Å²) in [5.41, 5.74) is 5.76. The number of fused-ring (bicyclic) bond motifs is 1. The van der Waals surface area contributed by atoms with Gasteiger partial charge < -0.3 is 0 Å². The summed E-state index contributed by atoms with van der Waals surface area (Å²) in [5.74, 6) is -0.385. The highest BCUT2D eigenvalue weighted by molar-refractivity contribution is 7.92. The van der Waals surface area contributed by atoms with Gasteiger partial charge in [-0.1, -0.05) is 12.1 Å². The summed E-state index contributed by atoms with van der Waals surface area (Å²) in [7, 11) is -3.38. The number of carbonyl (C=O) groups excluding carboxylic acids is 1. The quantitative estimate of drug-likeness (QED) is 0.494. The molecule has 1 heterocycles. The van der Waals surface area contributed by atoms with E-state index in [1.807, 2.05) is 0 Å². The zero-order valence-electron chi connectivity index (χ0n) is 13.6. The Morgan fingerprint density at radius 3 is 2.46 bits per heavy atom. The molecule has 0 fully saturated rings. The summed E-state index contributed by atoms with van der Waals surface area (Å²) in [5, 5.41) is 0.443. The highest BCUT2D eigenvalue weighted by atomic mass is 32.2. The third-order valence-electron chi connectivity index (χ3n) is 3.36. The van der Waals surface area contributed by atoms with E-state index >= 15 is 0 Å². The summed E-state index contributed by atoms with van der Waals surface area (Å²) in [4.78, 5) is 30.8. The van der Waals surface area contributed by atoms with E-state index in [-0.39, 0.29) is 11.5 Å². The molecule has 0 aliphatic heterocycles.